The van der Waals surface area contributed by atoms with Crippen LogP contribution in [0.1, 0.15) is 29.6 Å². The molecule has 0 spiro atoms. The first-order valence-corrected chi connectivity index (χ1v) is 7.39. The van der Waals surface area contributed by atoms with Gasteiger partial charge in [0.05, 0.1) is 10.6 Å². The third-order valence-corrected chi connectivity index (χ3v) is 4.23. The predicted octanol–water partition coefficient (Wildman–Crippen LogP) is 3.18. The largest absolute Gasteiger partial charge is 0.478 e. The van der Waals surface area contributed by atoms with Crippen molar-refractivity contribution in [1.82, 2.24) is 4.90 Å². The van der Waals surface area contributed by atoms with Crippen molar-refractivity contribution < 1.29 is 9.90 Å². The lowest BCUT2D eigenvalue weighted by Gasteiger charge is -2.29. The molecule has 0 saturated carbocycles. The number of hydrogen-bond donors (Lipinski definition) is 2. The Kier molecular flexibility index (Phi) is 5.26. The van der Waals surface area contributed by atoms with Crippen LogP contribution in [0.15, 0.2) is 18.2 Å². The van der Waals surface area contributed by atoms with E-state index in [1.807, 2.05) is 0 Å². The number of carbonyl (C=O) groups is 1. The lowest BCUT2D eigenvalue weighted by molar-refractivity contribution is 0.0697. The van der Waals surface area contributed by atoms with Gasteiger partial charge in [0, 0.05) is 12.2 Å². The van der Waals surface area contributed by atoms with Crippen LogP contribution in [0.25, 0.3) is 0 Å². The second-order valence-electron chi connectivity index (χ2n) is 5.46. The second-order valence-corrected chi connectivity index (χ2v) is 5.87. The standard InChI is InChI=1S/C15H21ClN2O2/c1-18-8-5-11(6-9-18)4-7-17-12-2-3-13(15(19)20)14(16)10-12/h2-3,10-11,17H,4-9H2,1H3,(H,19,20). The minimum absolute atomic E-state index is 0.146. The summed E-state index contributed by atoms with van der Waals surface area (Å²) in [7, 11) is 2.17. The highest BCUT2D eigenvalue weighted by molar-refractivity contribution is 6.33. The minimum Gasteiger partial charge on any atom is -0.478 e. The number of hydrogen-bond acceptors (Lipinski definition) is 3. The number of rotatable bonds is 5. The van der Waals surface area contributed by atoms with E-state index in [9.17, 15) is 4.79 Å². The average Bonchev–Trinajstić information content (AvgIpc) is 2.41. The van der Waals surface area contributed by atoms with Crippen LogP contribution in [0.5, 0.6) is 0 Å². The van der Waals surface area contributed by atoms with Gasteiger partial charge in [-0.2, -0.15) is 0 Å². The summed E-state index contributed by atoms with van der Waals surface area (Å²) in [4.78, 5) is 13.2. The summed E-state index contributed by atoms with van der Waals surface area (Å²) in [6.07, 6.45) is 3.67. The Hall–Kier alpha value is -1.26. The Morgan fingerprint density at radius 3 is 2.75 bits per heavy atom. The van der Waals surface area contributed by atoms with Gasteiger partial charge >= 0.3 is 5.97 Å². The summed E-state index contributed by atoms with van der Waals surface area (Å²) in [6, 6.07) is 4.99. The van der Waals surface area contributed by atoms with Crippen LogP contribution in [-0.2, 0) is 0 Å². The van der Waals surface area contributed by atoms with Gasteiger partial charge in [0.25, 0.3) is 0 Å². The molecule has 1 saturated heterocycles. The zero-order chi connectivity index (χ0) is 14.5. The number of piperidine rings is 1. The van der Waals surface area contributed by atoms with Crippen molar-refractivity contribution in [2.75, 3.05) is 32.0 Å². The van der Waals surface area contributed by atoms with E-state index >= 15 is 0 Å². The summed E-state index contributed by atoms with van der Waals surface area (Å²) in [5.74, 6) is -0.208. The summed E-state index contributed by atoms with van der Waals surface area (Å²) in [5, 5.41) is 12.5. The number of benzene rings is 1. The van der Waals surface area contributed by atoms with Gasteiger partial charge in [-0.05, 0) is 63.5 Å². The Bertz CT molecular complexity index is 471. The smallest absolute Gasteiger partial charge is 0.337 e. The van der Waals surface area contributed by atoms with E-state index in [0.29, 0.717) is 0 Å². The van der Waals surface area contributed by atoms with Crippen LogP contribution in [0.4, 0.5) is 5.69 Å². The number of halogens is 1. The topological polar surface area (TPSA) is 52.6 Å². The van der Waals surface area contributed by atoms with Gasteiger partial charge in [0.1, 0.15) is 0 Å². The van der Waals surface area contributed by atoms with Gasteiger partial charge in [0.15, 0.2) is 0 Å². The number of aromatic carboxylic acids is 1. The maximum absolute atomic E-state index is 10.9. The van der Waals surface area contributed by atoms with Crippen LogP contribution < -0.4 is 5.32 Å². The molecule has 1 aliphatic heterocycles. The molecule has 2 rings (SSSR count). The molecule has 1 aliphatic rings. The number of anilines is 1. The van der Waals surface area contributed by atoms with Crippen molar-refractivity contribution in [3.63, 3.8) is 0 Å². The maximum atomic E-state index is 10.9. The van der Waals surface area contributed by atoms with Crippen molar-refractivity contribution in [2.45, 2.75) is 19.3 Å². The monoisotopic (exact) mass is 296 g/mol. The molecule has 5 heteroatoms. The lowest BCUT2D eigenvalue weighted by atomic mass is 9.94. The molecule has 2 N–H and O–H groups in total. The maximum Gasteiger partial charge on any atom is 0.337 e. The number of likely N-dealkylation sites (tertiary alicyclic amines) is 1. The molecular formula is C15H21ClN2O2. The fraction of sp³-hybridized carbons (Fsp3) is 0.533. The first kappa shape index (κ1) is 15.1. The van der Waals surface area contributed by atoms with Gasteiger partial charge in [0.2, 0.25) is 0 Å². The van der Waals surface area contributed by atoms with Crippen molar-refractivity contribution in [3.8, 4) is 0 Å². The third-order valence-electron chi connectivity index (χ3n) is 3.92. The number of nitrogens with zero attached hydrogens (tertiary/aromatic N) is 1. The van der Waals surface area contributed by atoms with E-state index < -0.39 is 5.97 Å². The number of carboxylic acids is 1. The Labute approximate surface area is 124 Å². The molecule has 0 atom stereocenters. The molecule has 1 fully saturated rings. The number of nitrogens with one attached hydrogen (secondary N) is 1. The minimum atomic E-state index is -0.993. The van der Waals surface area contributed by atoms with E-state index in [-0.39, 0.29) is 10.6 Å². The Balaban J connectivity index is 1.79. The molecule has 1 aromatic carbocycles. The van der Waals surface area contributed by atoms with Crippen LogP contribution in [0.3, 0.4) is 0 Å². The number of carboxylic acid groups (broad SMARTS) is 1. The van der Waals surface area contributed by atoms with Crippen molar-refractivity contribution >= 4 is 23.3 Å². The molecule has 0 aromatic heterocycles. The Morgan fingerprint density at radius 2 is 2.15 bits per heavy atom. The first-order chi connectivity index (χ1) is 9.56. The van der Waals surface area contributed by atoms with E-state index in [4.69, 9.17) is 16.7 Å². The highest BCUT2D eigenvalue weighted by Gasteiger charge is 2.16. The van der Waals surface area contributed by atoms with Gasteiger partial charge in [-0.3, -0.25) is 0 Å². The molecule has 4 nitrogen and oxygen atoms in total. The molecule has 0 unspecified atom stereocenters. The summed E-state index contributed by atoms with van der Waals surface area (Å²) in [5.41, 5.74) is 1.03. The van der Waals surface area contributed by atoms with Crippen molar-refractivity contribution in [3.05, 3.63) is 28.8 Å². The van der Waals surface area contributed by atoms with Crippen LogP contribution >= 0.6 is 11.6 Å². The molecule has 110 valence electrons. The van der Waals surface area contributed by atoms with E-state index in [1.165, 1.54) is 25.9 Å². The zero-order valence-electron chi connectivity index (χ0n) is 11.7. The molecule has 1 heterocycles. The van der Waals surface area contributed by atoms with Crippen molar-refractivity contribution in [1.29, 1.82) is 0 Å². The van der Waals surface area contributed by atoms with Gasteiger partial charge in [-0.15, -0.1) is 0 Å². The fourth-order valence-corrected chi connectivity index (χ4v) is 2.83. The molecule has 1 aromatic rings. The van der Waals surface area contributed by atoms with E-state index in [1.54, 1.807) is 18.2 Å². The summed E-state index contributed by atoms with van der Waals surface area (Å²) >= 11 is 5.94. The summed E-state index contributed by atoms with van der Waals surface area (Å²) < 4.78 is 0. The van der Waals surface area contributed by atoms with Crippen LogP contribution in [0.2, 0.25) is 5.02 Å². The van der Waals surface area contributed by atoms with Gasteiger partial charge < -0.3 is 15.3 Å². The molecule has 0 bridgehead atoms. The van der Waals surface area contributed by atoms with Crippen LogP contribution in [-0.4, -0.2) is 42.7 Å². The molecule has 0 aliphatic carbocycles. The molecule has 0 amide bonds. The molecule has 0 radical (unpaired) electrons. The predicted molar refractivity (Wildman–Crippen MR) is 81.7 cm³/mol. The average molecular weight is 297 g/mol. The van der Waals surface area contributed by atoms with Crippen molar-refractivity contribution in [2.24, 2.45) is 5.92 Å². The second kappa shape index (κ2) is 6.95. The first-order valence-electron chi connectivity index (χ1n) is 7.01. The summed E-state index contributed by atoms with van der Waals surface area (Å²) in [6.45, 7) is 3.27. The highest BCUT2D eigenvalue weighted by Crippen LogP contribution is 2.22. The zero-order valence-corrected chi connectivity index (χ0v) is 12.5. The van der Waals surface area contributed by atoms with Gasteiger partial charge in [-0.1, -0.05) is 11.6 Å². The normalized spacial score (nSPS) is 17.1. The van der Waals surface area contributed by atoms with Gasteiger partial charge in [-0.25, -0.2) is 4.79 Å². The highest BCUT2D eigenvalue weighted by atomic mass is 35.5. The molecule has 20 heavy (non-hydrogen) atoms. The lowest BCUT2D eigenvalue weighted by Crippen LogP contribution is -2.30. The molecular weight excluding hydrogens is 276 g/mol. The van der Waals surface area contributed by atoms with E-state index in [0.717, 1.165) is 24.6 Å². The quantitative estimate of drug-likeness (QED) is 0.876. The fourth-order valence-electron chi connectivity index (χ4n) is 2.57. The van der Waals surface area contributed by atoms with E-state index in [2.05, 4.69) is 17.3 Å². The Morgan fingerprint density at radius 1 is 1.45 bits per heavy atom. The van der Waals surface area contributed by atoms with Crippen LogP contribution in [0, 0.1) is 5.92 Å². The SMILES string of the molecule is CN1CCC(CCNc2ccc(C(=O)O)c(Cl)c2)CC1. The third kappa shape index (κ3) is 4.12.